The molecule has 1 aromatic rings. The summed E-state index contributed by atoms with van der Waals surface area (Å²) in [7, 11) is 0. The first-order chi connectivity index (χ1) is 15.6. The lowest BCUT2D eigenvalue weighted by Gasteiger charge is -2.36. The Morgan fingerprint density at radius 1 is 1.06 bits per heavy atom. The minimum absolute atomic E-state index is 0.0397. The molecular formula is C25H36N4O3. The Hall–Kier alpha value is -2.41. The zero-order valence-electron chi connectivity index (χ0n) is 19.2. The van der Waals surface area contributed by atoms with Crippen LogP contribution in [0.3, 0.4) is 0 Å². The lowest BCUT2D eigenvalue weighted by atomic mass is 10.00. The van der Waals surface area contributed by atoms with E-state index in [0.717, 1.165) is 31.4 Å². The molecule has 2 unspecified atom stereocenters. The molecule has 3 amide bonds. The van der Waals surface area contributed by atoms with E-state index in [2.05, 4.69) is 17.1 Å². The van der Waals surface area contributed by atoms with Crippen LogP contribution in [-0.4, -0.2) is 77.2 Å². The maximum absolute atomic E-state index is 12.7. The van der Waals surface area contributed by atoms with E-state index in [-0.39, 0.29) is 30.3 Å². The van der Waals surface area contributed by atoms with Gasteiger partial charge < -0.3 is 20.0 Å². The molecule has 0 radical (unpaired) electrons. The minimum atomic E-state index is -0.279. The average molecular weight is 441 g/mol. The molecule has 7 heteroatoms. The number of likely N-dealkylation sites (tertiary alicyclic amines) is 1. The quantitative estimate of drug-likeness (QED) is 0.630. The first-order valence-corrected chi connectivity index (χ1v) is 12.3. The second-order valence-electron chi connectivity index (χ2n) is 9.34. The predicted octanol–water partition coefficient (Wildman–Crippen LogP) is 2.40. The van der Waals surface area contributed by atoms with Gasteiger partial charge in [-0.1, -0.05) is 25.5 Å². The number of hydrogen-bond donors (Lipinski definition) is 1. The topological polar surface area (TPSA) is 73.0 Å². The highest BCUT2D eigenvalue weighted by molar-refractivity contribution is 5.95. The van der Waals surface area contributed by atoms with E-state index in [0.29, 0.717) is 31.2 Å². The van der Waals surface area contributed by atoms with Crippen LogP contribution in [0.2, 0.25) is 0 Å². The summed E-state index contributed by atoms with van der Waals surface area (Å²) in [6, 6.07) is 7.80. The highest BCUT2D eigenvalue weighted by Gasteiger charge is 2.41. The number of piperazine rings is 1. The first-order valence-electron chi connectivity index (χ1n) is 12.3. The number of rotatable bonds is 8. The number of carbonyl (C=O) groups is 3. The monoisotopic (exact) mass is 440 g/mol. The third kappa shape index (κ3) is 5.14. The van der Waals surface area contributed by atoms with E-state index >= 15 is 0 Å². The van der Waals surface area contributed by atoms with Gasteiger partial charge in [-0.2, -0.15) is 0 Å². The van der Waals surface area contributed by atoms with Crippen molar-refractivity contribution < 1.29 is 14.4 Å². The molecular weight excluding hydrogens is 404 g/mol. The van der Waals surface area contributed by atoms with Gasteiger partial charge in [-0.25, -0.2) is 0 Å². The van der Waals surface area contributed by atoms with Crippen LogP contribution in [0.25, 0.3) is 0 Å². The molecule has 0 aliphatic carbocycles. The van der Waals surface area contributed by atoms with Crippen molar-refractivity contribution in [3.05, 3.63) is 35.4 Å². The fourth-order valence-electron chi connectivity index (χ4n) is 5.38. The van der Waals surface area contributed by atoms with E-state index < -0.39 is 0 Å². The molecule has 0 aromatic heterocycles. The second kappa shape index (κ2) is 10.5. The number of hydrogen-bond acceptors (Lipinski definition) is 4. The summed E-state index contributed by atoms with van der Waals surface area (Å²) in [6.07, 6.45) is 7.74. The molecule has 0 bridgehead atoms. The van der Waals surface area contributed by atoms with Gasteiger partial charge in [0.1, 0.15) is 12.6 Å². The highest BCUT2D eigenvalue weighted by atomic mass is 16.2. The molecule has 1 N–H and O–H groups in total. The van der Waals surface area contributed by atoms with Crippen molar-refractivity contribution in [3.8, 4) is 0 Å². The van der Waals surface area contributed by atoms with E-state index in [4.69, 9.17) is 0 Å². The molecule has 3 aliphatic rings. The van der Waals surface area contributed by atoms with E-state index in [9.17, 15) is 14.4 Å². The molecule has 0 saturated carbocycles. The van der Waals surface area contributed by atoms with Crippen LogP contribution >= 0.6 is 0 Å². The predicted molar refractivity (Wildman–Crippen MR) is 123 cm³/mol. The fourth-order valence-corrected chi connectivity index (χ4v) is 5.38. The second-order valence-corrected chi connectivity index (χ2v) is 9.34. The molecule has 4 rings (SSSR count). The van der Waals surface area contributed by atoms with Gasteiger partial charge >= 0.3 is 0 Å². The average Bonchev–Trinajstić information content (AvgIpc) is 3.32. The normalized spacial score (nSPS) is 24.0. The summed E-state index contributed by atoms with van der Waals surface area (Å²) in [5.74, 6) is 0.0221. The number of fused-ring (bicyclic) bond motifs is 1. The summed E-state index contributed by atoms with van der Waals surface area (Å²) in [6.45, 7) is 6.41. The molecule has 3 heterocycles. The van der Waals surface area contributed by atoms with Crippen LogP contribution in [0.15, 0.2) is 24.3 Å². The molecule has 3 fully saturated rings. The number of amides is 3. The van der Waals surface area contributed by atoms with Crippen LogP contribution in [0, 0.1) is 0 Å². The Morgan fingerprint density at radius 3 is 2.66 bits per heavy atom. The Kier molecular flexibility index (Phi) is 7.45. The molecule has 0 spiro atoms. The first kappa shape index (κ1) is 22.8. The number of piperidine rings is 1. The van der Waals surface area contributed by atoms with Gasteiger partial charge in [-0.3, -0.25) is 14.4 Å². The summed E-state index contributed by atoms with van der Waals surface area (Å²) in [5, 5.41) is 3.03. The van der Waals surface area contributed by atoms with Gasteiger partial charge in [0.05, 0.1) is 0 Å². The van der Waals surface area contributed by atoms with E-state index in [1.165, 1.54) is 32.2 Å². The summed E-state index contributed by atoms with van der Waals surface area (Å²) in [4.78, 5) is 43.4. The largest absolute Gasteiger partial charge is 0.352 e. The Labute approximate surface area is 191 Å². The maximum atomic E-state index is 12.7. The fraction of sp³-hybridized carbons (Fsp3) is 0.640. The number of benzene rings is 1. The third-order valence-electron chi connectivity index (χ3n) is 7.21. The Morgan fingerprint density at radius 2 is 1.88 bits per heavy atom. The van der Waals surface area contributed by atoms with Crippen LogP contribution in [-0.2, 0) is 16.1 Å². The van der Waals surface area contributed by atoms with Crippen LogP contribution < -0.4 is 5.32 Å². The van der Waals surface area contributed by atoms with Gasteiger partial charge in [-0.15, -0.1) is 0 Å². The molecule has 174 valence electrons. The van der Waals surface area contributed by atoms with Crippen molar-refractivity contribution in [2.75, 3.05) is 32.7 Å². The zero-order chi connectivity index (χ0) is 22.5. The van der Waals surface area contributed by atoms with Gasteiger partial charge in [0, 0.05) is 37.8 Å². The van der Waals surface area contributed by atoms with Gasteiger partial charge in [-0.05, 0) is 62.8 Å². The summed E-state index contributed by atoms with van der Waals surface area (Å²) >= 11 is 0. The Balaban J connectivity index is 1.23. The molecule has 2 atom stereocenters. The molecule has 1 aromatic carbocycles. The van der Waals surface area contributed by atoms with Crippen molar-refractivity contribution in [3.63, 3.8) is 0 Å². The van der Waals surface area contributed by atoms with Crippen molar-refractivity contribution in [2.45, 2.75) is 70.5 Å². The highest BCUT2D eigenvalue weighted by Crippen LogP contribution is 2.25. The standard InChI is InChI=1S/C25H36N4O3/c1-2-21-7-3-4-14-27(21)15-6-13-26-24(31)20-11-9-19(10-12-20)17-28-18-23(30)29-16-5-8-22(29)25(28)32/h9-12,21-22H,2-8,13-18H2,1H3,(H,26,31). The smallest absolute Gasteiger partial charge is 0.251 e. The van der Waals surface area contributed by atoms with Crippen molar-refractivity contribution in [2.24, 2.45) is 0 Å². The van der Waals surface area contributed by atoms with Gasteiger partial charge in [0.2, 0.25) is 11.8 Å². The Bertz CT molecular complexity index is 825. The molecule has 3 aliphatic heterocycles. The molecule has 32 heavy (non-hydrogen) atoms. The zero-order valence-corrected chi connectivity index (χ0v) is 19.2. The van der Waals surface area contributed by atoms with Gasteiger partial charge in [0.25, 0.3) is 5.91 Å². The lowest BCUT2D eigenvalue weighted by Crippen LogP contribution is -2.56. The third-order valence-corrected chi connectivity index (χ3v) is 7.21. The van der Waals surface area contributed by atoms with E-state index in [1.54, 1.807) is 21.9 Å². The van der Waals surface area contributed by atoms with Crippen molar-refractivity contribution >= 4 is 17.7 Å². The summed E-state index contributed by atoms with van der Waals surface area (Å²) in [5.41, 5.74) is 1.56. The number of nitrogens with one attached hydrogen (secondary N) is 1. The minimum Gasteiger partial charge on any atom is -0.352 e. The summed E-state index contributed by atoms with van der Waals surface area (Å²) < 4.78 is 0. The van der Waals surface area contributed by atoms with E-state index in [1.807, 2.05) is 12.1 Å². The van der Waals surface area contributed by atoms with Crippen LogP contribution in [0.1, 0.15) is 67.8 Å². The van der Waals surface area contributed by atoms with Crippen LogP contribution in [0.5, 0.6) is 0 Å². The van der Waals surface area contributed by atoms with Crippen LogP contribution in [0.4, 0.5) is 0 Å². The lowest BCUT2D eigenvalue weighted by molar-refractivity contribution is -0.154. The number of carbonyl (C=O) groups excluding carboxylic acids is 3. The van der Waals surface area contributed by atoms with Crippen molar-refractivity contribution in [1.29, 1.82) is 0 Å². The van der Waals surface area contributed by atoms with Gasteiger partial charge in [0.15, 0.2) is 0 Å². The number of nitrogens with zero attached hydrogens (tertiary/aromatic N) is 3. The van der Waals surface area contributed by atoms with Crippen molar-refractivity contribution in [1.82, 2.24) is 20.0 Å². The maximum Gasteiger partial charge on any atom is 0.251 e. The SMILES string of the molecule is CCC1CCCCN1CCCNC(=O)c1ccc(CN2CC(=O)N3CCCC3C2=O)cc1. The molecule has 7 nitrogen and oxygen atoms in total. The molecule has 3 saturated heterocycles.